The van der Waals surface area contributed by atoms with Gasteiger partial charge in [-0.1, -0.05) is 109 Å². The van der Waals surface area contributed by atoms with Gasteiger partial charge in [-0.05, 0) is 23.3 Å². The van der Waals surface area contributed by atoms with E-state index < -0.39 is 0 Å². The molecule has 1 aliphatic heterocycles. The van der Waals surface area contributed by atoms with Crippen molar-refractivity contribution in [2.75, 3.05) is 4.90 Å². The average molecular weight is 402 g/mol. The molecule has 0 bridgehead atoms. The molecule has 0 spiro atoms. The number of nitrogens with zero attached hydrogens (tertiary/aromatic N) is 1. The molecule has 0 aliphatic carbocycles. The van der Waals surface area contributed by atoms with Crippen LogP contribution in [0.1, 0.15) is 33.9 Å². The van der Waals surface area contributed by atoms with Crippen LogP contribution >= 0.6 is 0 Å². The lowest BCUT2D eigenvalue weighted by Gasteiger charge is -2.30. The summed E-state index contributed by atoms with van der Waals surface area (Å²) in [7, 11) is 0. The largest absolute Gasteiger partial charge is 0.333 e. The normalized spacial score (nSPS) is 15.9. The lowest BCUT2D eigenvalue weighted by atomic mass is 9.95. The highest BCUT2D eigenvalue weighted by Gasteiger charge is 2.37. The van der Waals surface area contributed by atoms with Crippen molar-refractivity contribution in [1.82, 2.24) is 0 Å². The number of carbonyl (C=O) groups is 1. The molecular weight excluding hydrogens is 378 g/mol. The van der Waals surface area contributed by atoms with Crippen LogP contribution in [0.2, 0.25) is 0 Å². The lowest BCUT2D eigenvalue weighted by molar-refractivity contribution is 0.103. The zero-order valence-electron chi connectivity index (χ0n) is 17.2. The molecule has 0 fully saturated rings. The first-order valence-electron chi connectivity index (χ1n) is 10.6. The van der Waals surface area contributed by atoms with E-state index >= 15 is 0 Å². The Morgan fingerprint density at radius 3 is 1.77 bits per heavy atom. The Hall–Kier alpha value is -3.91. The van der Waals surface area contributed by atoms with Crippen LogP contribution in [0.3, 0.4) is 0 Å². The van der Waals surface area contributed by atoms with Crippen molar-refractivity contribution >= 4 is 17.2 Å². The molecule has 1 unspecified atom stereocenters. The van der Waals surface area contributed by atoms with Gasteiger partial charge in [0.2, 0.25) is 0 Å². The molecule has 31 heavy (non-hydrogen) atoms. The quantitative estimate of drug-likeness (QED) is 0.338. The fourth-order valence-electron chi connectivity index (χ4n) is 4.40. The Balaban J connectivity index is 1.72. The summed E-state index contributed by atoms with van der Waals surface area (Å²) >= 11 is 0. The molecule has 0 aromatic heterocycles. The Morgan fingerprint density at radius 2 is 1.16 bits per heavy atom. The van der Waals surface area contributed by atoms with Crippen molar-refractivity contribution in [3.8, 4) is 0 Å². The van der Waals surface area contributed by atoms with E-state index in [1.54, 1.807) is 0 Å². The van der Waals surface area contributed by atoms with Crippen LogP contribution in [-0.4, -0.2) is 5.78 Å². The van der Waals surface area contributed by atoms with E-state index in [1.807, 2.05) is 60.7 Å². The number of anilines is 1. The number of carbonyl (C=O) groups excluding carboxylic acids is 1. The SMILES string of the molecule is O=C(C1=C(c2ccccc2)N(c2ccccc2)C(c2ccccc2)C1)c1ccccc1. The number of ketones is 1. The van der Waals surface area contributed by atoms with E-state index in [4.69, 9.17) is 0 Å². The highest BCUT2D eigenvalue weighted by Crippen LogP contribution is 2.47. The number of Topliss-reactive ketones (excluding diaryl/α,β-unsaturated/α-hetero) is 1. The Labute approximate surface area is 183 Å². The summed E-state index contributed by atoms with van der Waals surface area (Å²) in [6.07, 6.45) is 0.664. The van der Waals surface area contributed by atoms with Gasteiger partial charge in [0.25, 0.3) is 0 Å². The summed E-state index contributed by atoms with van der Waals surface area (Å²) in [6.45, 7) is 0. The molecule has 4 aromatic carbocycles. The molecule has 2 nitrogen and oxygen atoms in total. The van der Waals surface area contributed by atoms with Crippen LogP contribution in [0.15, 0.2) is 127 Å². The van der Waals surface area contributed by atoms with Crippen molar-refractivity contribution in [1.29, 1.82) is 0 Å². The molecule has 0 saturated carbocycles. The second-order valence-electron chi connectivity index (χ2n) is 7.72. The van der Waals surface area contributed by atoms with Gasteiger partial charge in [0.1, 0.15) is 0 Å². The van der Waals surface area contributed by atoms with Crippen molar-refractivity contribution in [3.63, 3.8) is 0 Å². The summed E-state index contributed by atoms with van der Waals surface area (Å²) in [5, 5.41) is 0. The van der Waals surface area contributed by atoms with E-state index in [2.05, 4.69) is 65.6 Å². The lowest BCUT2D eigenvalue weighted by Crippen LogP contribution is -2.22. The van der Waals surface area contributed by atoms with Crippen LogP contribution in [0, 0.1) is 0 Å². The number of hydrogen-bond acceptors (Lipinski definition) is 2. The Morgan fingerprint density at radius 1 is 0.645 bits per heavy atom. The summed E-state index contributed by atoms with van der Waals surface area (Å²) in [6, 6.07) is 40.8. The summed E-state index contributed by atoms with van der Waals surface area (Å²) < 4.78 is 0. The smallest absolute Gasteiger partial charge is 0.191 e. The van der Waals surface area contributed by atoms with Gasteiger partial charge in [0.15, 0.2) is 5.78 Å². The summed E-state index contributed by atoms with van der Waals surface area (Å²) in [5.41, 5.74) is 5.93. The van der Waals surface area contributed by atoms with E-state index in [9.17, 15) is 4.79 Å². The number of para-hydroxylation sites is 1. The number of hydrogen-bond donors (Lipinski definition) is 0. The summed E-state index contributed by atoms with van der Waals surface area (Å²) in [5.74, 6) is 0.0961. The highest BCUT2D eigenvalue weighted by molar-refractivity contribution is 6.15. The molecule has 1 heterocycles. The van der Waals surface area contributed by atoms with Gasteiger partial charge in [0.05, 0.1) is 11.7 Å². The second-order valence-corrected chi connectivity index (χ2v) is 7.72. The zero-order chi connectivity index (χ0) is 21.0. The second kappa shape index (κ2) is 8.45. The van der Waals surface area contributed by atoms with E-state index in [1.165, 1.54) is 5.56 Å². The first kappa shape index (κ1) is 19.1. The highest BCUT2D eigenvalue weighted by atomic mass is 16.1. The molecule has 5 rings (SSSR count). The molecular formula is C29H23NO. The van der Waals surface area contributed by atoms with Gasteiger partial charge in [-0.15, -0.1) is 0 Å². The van der Waals surface area contributed by atoms with Crippen molar-refractivity contribution < 1.29 is 4.79 Å². The maximum absolute atomic E-state index is 13.7. The fraction of sp³-hybridized carbons (Fsp3) is 0.0690. The third-order valence-electron chi connectivity index (χ3n) is 5.81. The molecule has 1 aliphatic rings. The zero-order valence-corrected chi connectivity index (χ0v) is 17.2. The minimum Gasteiger partial charge on any atom is -0.333 e. The Kier molecular flexibility index (Phi) is 5.20. The molecule has 0 saturated heterocycles. The fourth-order valence-corrected chi connectivity index (χ4v) is 4.40. The summed E-state index contributed by atoms with van der Waals surface area (Å²) in [4.78, 5) is 16.0. The molecule has 4 aromatic rings. The predicted octanol–water partition coefficient (Wildman–Crippen LogP) is 6.93. The standard InChI is InChI=1S/C29H23NO/c31-29(24-17-9-3-10-18-24)26-21-27(22-13-5-1-6-14-22)30(25-19-11-4-12-20-25)28(26)23-15-7-2-8-16-23/h1-20,27H,21H2. The van der Waals surface area contributed by atoms with E-state index in [-0.39, 0.29) is 11.8 Å². The van der Waals surface area contributed by atoms with Crippen LogP contribution in [0.4, 0.5) is 5.69 Å². The third kappa shape index (κ3) is 3.69. The van der Waals surface area contributed by atoms with E-state index in [0.717, 1.165) is 28.1 Å². The first-order chi connectivity index (χ1) is 15.3. The van der Waals surface area contributed by atoms with Crippen molar-refractivity contribution in [2.45, 2.75) is 12.5 Å². The predicted molar refractivity (Wildman–Crippen MR) is 127 cm³/mol. The minimum absolute atomic E-state index is 0.0569. The van der Waals surface area contributed by atoms with Gasteiger partial charge < -0.3 is 4.90 Å². The molecule has 0 radical (unpaired) electrons. The average Bonchev–Trinajstić information content (AvgIpc) is 3.26. The van der Waals surface area contributed by atoms with Gasteiger partial charge in [0, 0.05) is 23.2 Å². The molecule has 2 heteroatoms. The van der Waals surface area contributed by atoms with Crippen LogP contribution in [0.25, 0.3) is 5.70 Å². The van der Waals surface area contributed by atoms with Gasteiger partial charge in [-0.2, -0.15) is 0 Å². The van der Waals surface area contributed by atoms with Gasteiger partial charge >= 0.3 is 0 Å². The monoisotopic (exact) mass is 401 g/mol. The Bertz CT molecular complexity index is 1200. The van der Waals surface area contributed by atoms with Crippen LogP contribution in [0.5, 0.6) is 0 Å². The molecule has 150 valence electrons. The topological polar surface area (TPSA) is 20.3 Å². The van der Waals surface area contributed by atoms with E-state index in [0.29, 0.717) is 6.42 Å². The van der Waals surface area contributed by atoms with Crippen LogP contribution < -0.4 is 4.90 Å². The first-order valence-corrected chi connectivity index (χ1v) is 10.6. The number of benzene rings is 4. The molecule has 0 N–H and O–H groups in total. The maximum Gasteiger partial charge on any atom is 0.191 e. The molecule has 1 atom stereocenters. The van der Waals surface area contributed by atoms with Gasteiger partial charge in [-0.3, -0.25) is 4.79 Å². The molecule has 0 amide bonds. The number of rotatable bonds is 5. The minimum atomic E-state index is 0.0569. The van der Waals surface area contributed by atoms with Crippen molar-refractivity contribution in [3.05, 3.63) is 144 Å². The van der Waals surface area contributed by atoms with Crippen molar-refractivity contribution in [2.24, 2.45) is 0 Å². The third-order valence-corrected chi connectivity index (χ3v) is 5.81. The van der Waals surface area contributed by atoms with Gasteiger partial charge in [-0.25, -0.2) is 0 Å². The van der Waals surface area contributed by atoms with Crippen LogP contribution in [-0.2, 0) is 0 Å². The maximum atomic E-state index is 13.7.